The molecule has 2 nitrogen and oxygen atoms in total. The monoisotopic (exact) mass is 692 g/mol. The van der Waals surface area contributed by atoms with Crippen LogP contribution in [0.1, 0.15) is 43.2 Å². The normalized spacial score (nSPS) is 22.9. The van der Waals surface area contributed by atoms with Gasteiger partial charge in [0.2, 0.25) is 0 Å². The molecule has 0 aliphatic heterocycles. The van der Waals surface area contributed by atoms with Crippen molar-refractivity contribution in [3.05, 3.63) is 180 Å². The zero-order valence-corrected chi connectivity index (χ0v) is 30.3. The van der Waals surface area contributed by atoms with Gasteiger partial charge in [-0.3, -0.25) is 0 Å². The summed E-state index contributed by atoms with van der Waals surface area (Å²) in [6.45, 7) is 7.77. The van der Waals surface area contributed by atoms with Gasteiger partial charge in [-0.05, 0) is 136 Å². The number of benzene rings is 6. The van der Waals surface area contributed by atoms with Crippen molar-refractivity contribution in [2.45, 2.75) is 37.5 Å². The highest BCUT2D eigenvalue weighted by molar-refractivity contribution is 5.97. The van der Waals surface area contributed by atoms with Crippen molar-refractivity contribution >= 4 is 5.69 Å². The number of nitrogens with zero attached hydrogens (tertiary/aromatic N) is 2. The summed E-state index contributed by atoms with van der Waals surface area (Å²) in [5.74, 6) is 3.02. The van der Waals surface area contributed by atoms with E-state index in [1.165, 1.54) is 76.6 Å². The van der Waals surface area contributed by atoms with Crippen LogP contribution in [-0.2, 0) is 5.41 Å². The molecule has 4 fully saturated rings. The maximum Gasteiger partial charge on any atom is 0.187 e. The minimum atomic E-state index is -0.00424. The predicted molar refractivity (Wildman–Crippen MR) is 221 cm³/mol. The van der Waals surface area contributed by atoms with Crippen molar-refractivity contribution in [2.75, 3.05) is 0 Å². The van der Waals surface area contributed by atoms with Gasteiger partial charge >= 0.3 is 0 Å². The first-order chi connectivity index (χ1) is 26.7. The molecule has 5 aliphatic carbocycles. The Morgan fingerprint density at radius 3 is 1.67 bits per heavy atom. The summed E-state index contributed by atoms with van der Waals surface area (Å²) >= 11 is 0. The molecule has 0 N–H and O–H groups in total. The average Bonchev–Trinajstić information content (AvgIpc) is 3.54. The van der Waals surface area contributed by atoms with Crippen LogP contribution in [0.25, 0.3) is 71.9 Å². The molecule has 54 heavy (non-hydrogen) atoms. The fourth-order valence-electron chi connectivity index (χ4n) is 11.6. The molecule has 2 heteroatoms. The van der Waals surface area contributed by atoms with Crippen LogP contribution in [0.3, 0.4) is 0 Å². The van der Waals surface area contributed by atoms with Gasteiger partial charge in [-0.15, -0.1) is 0 Å². The number of pyridine rings is 1. The highest BCUT2D eigenvalue weighted by Gasteiger charge is 2.62. The zero-order valence-electron chi connectivity index (χ0n) is 30.3. The molecule has 0 saturated heterocycles. The van der Waals surface area contributed by atoms with Gasteiger partial charge in [0.05, 0.1) is 18.0 Å². The standard InChI is InChI=1S/C52H40N2/c1-53-43-19-9-18-39(30-43)44-20-11-23-47-50(44)46-22-10-21-45(51(46)52(47)41-25-33-24-34(27-41)28-42(52)26-33)38-17-8-16-37(29-38)40-31-48(35-12-4-2-5-13-35)54-49(32-40)36-14-6-3-7-15-36/h2-23,29-34,41-42H,24-28H2. The second-order valence-electron chi connectivity index (χ2n) is 16.2. The lowest BCUT2D eigenvalue weighted by Gasteiger charge is -2.61. The van der Waals surface area contributed by atoms with Crippen molar-refractivity contribution < 1.29 is 0 Å². The van der Waals surface area contributed by atoms with Gasteiger partial charge in [0, 0.05) is 16.5 Å². The highest BCUT2D eigenvalue weighted by atomic mass is 14.7. The molecule has 1 spiro atoms. The smallest absolute Gasteiger partial charge is 0.187 e. The predicted octanol–water partition coefficient (Wildman–Crippen LogP) is 13.7. The van der Waals surface area contributed by atoms with Crippen LogP contribution in [-0.4, -0.2) is 4.98 Å². The number of rotatable bonds is 5. The Labute approximate surface area is 318 Å². The first kappa shape index (κ1) is 31.5. The van der Waals surface area contributed by atoms with E-state index in [1.807, 2.05) is 12.1 Å². The van der Waals surface area contributed by atoms with Gasteiger partial charge in [-0.2, -0.15) is 0 Å². The molecule has 12 rings (SSSR count). The number of hydrogen-bond acceptors (Lipinski definition) is 1. The summed E-state index contributed by atoms with van der Waals surface area (Å²) in [6.07, 6.45) is 6.76. The largest absolute Gasteiger partial charge is 0.248 e. The van der Waals surface area contributed by atoms with Gasteiger partial charge in [-0.25, -0.2) is 9.83 Å². The first-order valence-corrected chi connectivity index (χ1v) is 19.7. The van der Waals surface area contributed by atoms with E-state index in [0.29, 0.717) is 17.5 Å². The van der Waals surface area contributed by atoms with Crippen LogP contribution in [0.5, 0.6) is 0 Å². The minimum absolute atomic E-state index is 0.00424. The molecular weight excluding hydrogens is 653 g/mol. The quantitative estimate of drug-likeness (QED) is 0.164. The van der Waals surface area contributed by atoms with Crippen LogP contribution in [0, 0.1) is 30.2 Å². The fraction of sp³-hybridized carbons (Fsp3) is 0.192. The molecule has 1 heterocycles. The van der Waals surface area contributed by atoms with Gasteiger partial charge in [0.1, 0.15) is 0 Å². The van der Waals surface area contributed by atoms with E-state index in [2.05, 4.69) is 150 Å². The van der Waals surface area contributed by atoms with Crippen molar-refractivity contribution in [1.82, 2.24) is 4.98 Å². The summed E-state index contributed by atoms with van der Waals surface area (Å²) in [5, 5.41) is 0. The third-order valence-corrected chi connectivity index (χ3v) is 13.4. The van der Waals surface area contributed by atoms with E-state index in [9.17, 15) is 0 Å². The molecule has 4 bridgehead atoms. The SMILES string of the molecule is [C-]#[N+]c1cccc(-c2cccc3c2-c2cccc(-c4cccc(-c5cc(-c6ccccc6)nc(-c6ccccc6)c5)c4)c2C32C3CC4CC(C3)CC2C4)c1. The Morgan fingerprint density at radius 2 is 1.00 bits per heavy atom. The molecule has 0 unspecified atom stereocenters. The first-order valence-electron chi connectivity index (χ1n) is 19.7. The van der Waals surface area contributed by atoms with Crippen LogP contribution < -0.4 is 0 Å². The van der Waals surface area contributed by atoms with Crippen LogP contribution in [0.15, 0.2) is 158 Å². The topological polar surface area (TPSA) is 17.2 Å². The van der Waals surface area contributed by atoms with Crippen molar-refractivity contribution in [3.8, 4) is 67.0 Å². The third-order valence-electron chi connectivity index (χ3n) is 13.4. The van der Waals surface area contributed by atoms with E-state index in [-0.39, 0.29) is 5.41 Å². The summed E-state index contributed by atoms with van der Waals surface area (Å²) in [4.78, 5) is 8.99. The molecule has 5 aliphatic rings. The number of hydrogen-bond donors (Lipinski definition) is 0. The van der Waals surface area contributed by atoms with Crippen molar-refractivity contribution in [2.24, 2.45) is 23.7 Å². The Kier molecular flexibility index (Phi) is 7.15. The van der Waals surface area contributed by atoms with Crippen LogP contribution in [0.2, 0.25) is 0 Å². The highest BCUT2D eigenvalue weighted by Crippen LogP contribution is 2.71. The van der Waals surface area contributed by atoms with Gasteiger partial charge in [-0.1, -0.05) is 133 Å². The second-order valence-corrected chi connectivity index (χ2v) is 16.2. The zero-order chi connectivity index (χ0) is 35.8. The molecule has 4 saturated carbocycles. The van der Waals surface area contributed by atoms with E-state index < -0.39 is 0 Å². The molecule has 1 aromatic heterocycles. The Balaban J connectivity index is 1.12. The van der Waals surface area contributed by atoms with Crippen molar-refractivity contribution in [1.29, 1.82) is 0 Å². The molecule has 258 valence electrons. The van der Waals surface area contributed by atoms with Crippen LogP contribution in [0.4, 0.5) is 5.69 Å². The molecule has 0 radical (unpaired) electrons. The summed E-state index contributed by atoms with van der Waals surface area (Å²) in [7, 11) is 0. The Morgan fingerprint density at radius 1 is 0.463 bits per heavy atom. The number of fused-ring (bicyclic) bond motifs is 3. The molecule has 7 aromatic rings. The Hall–Kier alpha value is -6.04. The molecular formula is C52H40N2. The van der Waals surface area contributed by atoms with E-state index in [4.69, 9.17) is 11.6 Å². The van der Waals surface area contributed by atoms with Gasteiger partial charge < -0.3 is 0 Å². The van der Waals surface area contributed by atoms with E-state index >= 15 is 0 Å². The maximum absolute atomic E-state index is 7.77. The molecule has 0 atom stereocenters. The average molecular weight is 693 g/mol. The number of aromatic nitrogens is 1. The maximum atomic E-state index is 7.77. The lowest BCUT2D eigenvalue weighted by atomic mass is 9.42. The second kappa shape index (κ2) is 12.3. The van der Waals surface area contributed by atoms with E-state index in [1.54, 1.807) is 5.56 Å². The Bertz CT molecular complexity index is 2540. The third kappa shape index (κ3) is 4.74. The van der Waals surface area contributed by atoms with Crippen LogP contribution >= 0.6 is 0 Å². The summed E-state index contributed by atoms with van der Waals surface area (Å²) in [6, 6.07) is 57.3. The lowest BCUT2D eigenvalue weighted by Crippen LogP contribution is -2.55. The summed E-state index contributed by atoms with van der Waals surface area (Å²) in [5.41, 5.74) is 18.2. The van der Waals surface area contributed by atoms with Gasteiger partial charge in [0.15, 0.2) is 5.69 Å². The summed E-state index contributed by atoms with van der Waals surface area (Å²) < 4.78 is 0. The fourth-order valence-corrected chi connectivity index (χ4v) is 11.6. The van der Waals surface area contributed by atoms with Crippen molar-refractivity contribution in [3.63, 3.8) is 0 Å². The molecule has 6 aromatic carbocycles. The van der Waals surface area contributed by atoms with E-state index in [0.717, 1.165) is 39.9 Å². The van der Waals surface area contributed by atoms with Gasteiger partial charge in [0.25, 0.3) is 0 Å². The lowest BCUT2D eigenvalue weighted by molar-refractivity contribution is -0.0397. The minimum Gasteiger partial charge on any atom is -0.248 e. The molecule has 0 amide bonds.